The Kier molecular flexibility index (Phi) is 4.69. The van der Waals surface area contributed by atoms with Gasteiger partial charge in [0.25, 0.3) is 0 Å². The van der Waals surface area contributed by atoms with Gasteiger partial charge in [-0.3, -0.25) is 0 Å². The predicted molar refractivity (Wildman–Crippen MR) is 80.8 cm³/mol. The Morgan fingerprint density at radius 2 is 2.05 bits per heavy atom. The predicted octanol–water partition coefficient (Wildman–Crippen LogP) is 4.07. The first-order chi connectivity index (χ1) is 9.58. The van der Waals surface area contributed by atoms with E-state index in [0.29, 0.717) is 24.6 Å². The van der Waals surface area contributed by atoms with Crippen LogP contribution in [0, 0.1) is 5.82 Å². The van der Waals surface area contributed by atoms with Crippen molar-refractivity contribution >= 4 is 23.0 Å². The van der Waals surface area contributed by atoms with Gasteiger partial charge in [-0.15, -0.1) is 0 Å². The molecule has 2 aromatic carbocycles. The maximum atomic E-state index is 13.1. The number of rotatable bonds is 5. The average Bonchev–Trinajstić information content (AvgIpc) is 2.40. The molecule has 0 aromatic heterocycles. The van der Waals surface area contributed by atoms with E-state index in [4.69, 9.17) is 22.1 Å². The van der Waals surface area contributed by atoms with Crippen molar-refractivity contribution in [3.05, 3.63) is 52.8 Å². The number of halogens is 2. The summed E-state index contributed by atoms with van der Waals surface area (Å²) in [5.41, 5.74) is 8.16. The van der Waals surface area contributed by atoms with Crippen LogP contribution in [0.15, 0.2) is 36.4 Å². The van der Waals surface area contributed by atoms with Gasteiger partial charge >= 0.3 is 0 Å². The highest BCUT2D eigenvalue weighted by molar-refractivity contribution is 6.30. The summed E-state index contributed by atoms with van der Waals surface area (Å²) in [6.45, 7) is 3.02. The molecule has 0 saturated carbocycles. The molecule has 0 spiro atoms. The molecule has 0 amide bonds. The van der Waals surface area contributed by atoms with Gasteiger partial charge < -0.3 is 15.8 Å². The van der Waals surface area contributed by atoms with Crippen molar-refractivity contribution in [3.63, 3.8) is 0 Å². The molecule has 3 nitrogen and oxygen atoms in total. The summed E-state index contributed by atoms with van der Waals surface area (Å²) in [4.78, 5) is 0. The molecular formula is C15H16ClFN2O. The van der Waals surface area contributed by atoms with Crippen molar-refractivity contribution in [3.8, 4) is 5.75 Å². The summed E-state index contributed by atoms with van der Waals surface area (Å²) in [5, 5.41) is 3.32. The summed E-state index contributed by atoms with van der Waals surface area (Å²) in [6, 6.07) is 10.1. The van der Waals surface area contributed by atoms with Gasteiger partial charge in [-0.05, 0) is 30.7 Å². The van der Waals surface area contributed by atoms with Crippen molar-refractivity contribution in [2.24, 2.45) is 0 Å². The third-order valence-electron chi connectivity index (χ3n) is 2.72. The maximum Gasteiger partial charge on any atom is 0.141 e. The number of hydrogen-bond acceptors (Lipinski definition) is 3. The van der Waals surface area contributed by atoms with Gasteiger partial charge in [-0.1, -0.05) is 17.7 Å². The summed E-state index contributed by atoms with van der Waals surface area (Å²) in [6.07, 6.45) is 0. The Labute approximate surface area is 122 Å². The summed E-state index contributed by atoms with van der Waals surface area (Å²) in [7, 11) is 0. The lowest BCUT2D eigenvalue weighted by molar-refractivity contribution is 0.340. The minimum absolute atomic E-state index is 0.117. The van der Waals surface area contributed by atoms with Crippen molar-refractivity contribution in [2.75, 3.05) is 17.7 Å². The van der Waals surface area contributed by atoms with E-state index in [2.05, 4.69) is 5.32 Å². The second kappa shape index (κ2) is 6.48. The van der Waals surface area contributed by atoms with Crippen LogP contribution in [0.2, 0.25) is 5.02 Å². The highest BCUT2D eigenvalue weighted by Crippen LogP contribution is 2.23. The van der Waals surface area contributed by atoms with Gasteiger partial charge in [0, 0.05) is 30.1 Å². The molecule has 0 atom stereocenters. The molecular weight excluding hydrogens is 279 g/mol. The van der Waals surface area contributed by atoms with Crippen LogP contribution in [0.3, 0.4) is 0 Å². The standard InChI is InChI=1S/C15H16ClFN2O/c1-2-20-13-7-11(18)6-12(8-13)19-9-10-3-4-15(17)14(16)5-10/h3-8,19H,2,9,18H2,1H3. The summed E-state index contributed by atoms with van der Waals surface area (Å²) < 4.78 is 18.5. The molecule has 0 fully saturated rings. The first kappa shape index (κ1) is 14.5. The number of nitrogens with two attached hydrogens (primary N) is 1. The molecule has 0 bridgehead atoms. The molecule has 5 heteroatoms. The Morgan fingerprint density at radius 1 is 1.25 bits per heavy atom. The molecule has 0 aliphatic heterocycles. The molecule has 3 N–H and O–H groups in total. The lowest BCUT2D eigenvalue weighted by Gasteiger charge is -2.11. The fourth-order valence-electron chi connectivity index (χ4n) is 1.83. The van der Waals surface area contributed by atoms with Crippen molar-refractivity contribution in [2.45, 2.75) is 13.5 Å². The second-order valence-corrected chi connectivity index (χ2v) is 4.73. The van der Waals surface area contributed by atoms with Gasteiger partial charge in [0.1, 0.15) is 11.6 Å². The zero-order valence-corrected chi connectivity index (χ0v) is 11.9. The Hall–Kier alpha value is -1.94. The number of nitrogens with one attached hydrogen (secondary N) is 1. The lowest BCUT2D eigenvalue weighted by atomic mass is 10.2. The van der Waals surface area contributed by atoms with Gasteiger partial charge in [0.15, 0.2) is 0 Å². The highest BCUT2D eigenvalue weighted by atomic mass is 35.5. The molecule has 2 aromatic rings. The molecule has 0 aliphatic carbocycles. The van der Waals surface area contributed by atoms with Gasteiger partial charge in [0.2, 0.25) is 0 Å². The normalized spacial score (nSPS) is 10.3. The average molecular weight is 295 g/mol. The van der Waals surface area contributed by atoms with Crippen LogP contribution >= 0.6 is 11.6 Å². The maximum absolute atomic E-state index is 13.1. The van der Waals surface area contributed by atoms with Gasteiger partial charge in [0.05, 0.1) is 11.6 Å². The van der Waals surface area contributed by atoms with E-state index in [0.717, 1.165) is 11.3 Å². The molecule has 0 heterocycles. The Morgan fingerprint density at radius 3 is 2.75 bits per heavy atom. The lowest BCUT2D eigenvalue weighted by Crippen LogP contribution is -2.01. The topological polar surface area (TPSA) is 47.3 Å². The summed E-state index contributed by atoms with van der Waals surface area (Å²) in [5.74, 6) is 0.296. The Balaban J connectivity index is 2.08. The third kappa shape index (κ3) is 3.78. The monoisotopic (exact) mass is 294 g/mol. The van der Waals surface area contributed by atoms with E-state index in [9.17, 15) is 4.39 Å². The molecule has 0 saturated heterocycles. The smallest absolute Gasteiger partial charge is 0.141 e. The minimum Gasteiger partial charge on any atom is -0.494 e. The Bertz CT molecular complexity index is 604. The van der Waals surface area contributed by atoms with Crippen LogP contribution in [0.4, 0.5) is 15.8 Å². The van der Waals surface area contributed by atoms with E-state index >= 15 is 0 Å². The van der Waals surface area contributed by atoms with Crippen LogP contribution in [-0.2, 0) is 6.54 Å². The van der Waals surface area contributed by atoms with Crippen LogP contribution < -0.4 is 15.8 Å². The van der Waals surface area contributed by atoms with Crippen molar-refractivity contribution in [1.82, 2.24) is 0 Å². The zero-order valence-electron chi connectivity index (χ0n) is 11.1. The van der Waals surface area contributed by atoms with Gasteiger partial charge in [-0.25, -0.2) is 4.39 Å². The molecule has 20 heavy (non-hydrogen) atoms. The van der Waals surface area contributed by atoms with Crippen LogP contribution in [-0.4, -0.2) is 6.61 Å². The third-order valence-corrected chi connectivity index (χ3v) is 3.01. The molecule has 2 rings (SSSR count). The number of hydrogen-bond donors (Lipinski definition) is 2. The van der Waals surface area contributed by atoms with E-state index in [1.54, 1.807) is 18.2 Å². The first-order valence-electron chi connectivity index (χ1n) is 6.29. The number of benzene rings is 2. The zero-order chi connectivity index (χ0) is 14.5. The van der Waals surface area contributed by atoms with Gasteiger partial charge in [-0.2, -0.15) is 0 Å². The van der Waals surface area contributed by atoms with E-state index < -0.39 is 5.82 Å². The largest absolute Gasteiger partial charge is 0.494 e. The van der Waals surface area contributed by atoms with Crippen molar-refractivity contribution < 1.29 is 9.13 Å². The number of ether oxygens (including phenoxy) is 1. The first-order valence-corrected chi connectivity index (χ1v) is 6.67. The number of nitrogen functional groups attached to an aromatic ring is 1. The van der Waals surface area contributed by atoms with E-state index in [-0.39, 0.29) is 5.02 Å². The molecule has 106 valence electrons. The fourth-order valence-corrected chi connectivity index (χ4v) is 2.03. The van der Waals surface area contributed by atoms with E-state index in [1.165, 1.54) is 6.07 Å². The van der Waals surface area contributed by atoms with E-state index in [1.807, 2.05) is 19.1 Å². The quantitative estimate of drug-likeness (QED) is 0.817. The fraction of sp³-hybridized carbons (Fsp3) is 0.200. The van der Waals surface area contributed by atoms with Crippen LogP contribution in [0.5, 0.6) is 5.75 Å². The molecule has 0 radical (unpaired) electrons. The molecule has 0 aliphatic rings. The van der Waals surface area contributed by atoms with Crippen LogP contribution in [0.25, 0.3) is 0 Å². The molecule has 0 unspecified atom stereocenters. The van der Waals surface area contributed by atoms with Crippen molar-refractivity contribution in [1.29, 1.82) is 0 Å². The summed E-state index contributed by atoms with van der Waals surface area (Å²) >= 11 is 5.74. The highest BCUT2D eigenvalue weighted by Gasteiger charge is 2.03. The number of anilines is 2. The minimum atomic E-state index is -0.419. The van der Waals surface area contributed by atoms with Crippen LogP contribution in [0.1, 0.15) is 12.5 Å². The SMILES string of the molecule is CCOc1cc(N)cc(NCc2ccc(F)c(Cl)c2)c1. The second-order valence-electron chi connectivity index (χ2n) is 4.33.